The highest BCUT2D eigenvalue weighted by molar-refractivity contribution is 8.00. The third-order valence-corrected chi connectivity index (χ3v) is 7.54. The van der Waals surface area contributed by atoms with Gasteiger partial charge in [0.25, 0.3) is 5.56 Å². The Morgan fingerprint density at radius 1 is 1.23 bits per heavy atom. The van der Waals surface area contributed by atoms with Gasteiger partial charge < -0.3 is 20.2 Å². The van der Waals surface area contributed by atoms with Crippen LogP contribution >= 0.6 is 34.4 Å². The van der Waals surface area contributed by atoms with Gasteiger partial charge in [-0.3, -0.25) is 4.79 Å². The van der Waals surface area contributed by atoms with Gasteiger partial charge in [0.05, 0.1) is 22.0 Å². The molecule has 0 unspecified atom stereocenters. The summed E-state index contributed by atoms with van der Waals surface area (Å²) in [5.74, 6) is -0.477. The number of fused-ring (bicyclic) bond motifs is 1. The molecule has 0 aliphatic heterocycles. The molecule has 4 rings (SSSR count). The summed E-state index contributed by atoms with van der Waals surface area (Å²) in [5.41, 5.74) is 2.23. The number of aromatic amines is 1. The maximum absolute atomic E-state index is 12.4. The van der Waals surface area contributed by atoms with Gasteiger partial charge in [-0.1, -0.05) is 42.2 Å². The van der Waals surface area contributed by atoms with E-state index < -0.39 is 5.97 Å². The second-order valence-electron chi connectivity index (χ2n) is 6.37. The molecule has 0 aliphatic carbocycles. The molecule has 2 N–H and O–H groups in total. The van der Waals surface area contributed by atoms with Gasteiger partial charge in [-0.05, 0) is 36.6 Å². The molecule has 154 valence electrons. The number of carbonyl (C=O) groups is 1. The van der Waals surface area contributed by atoms with Crippen molar-refractivity contribution < 1.29 is 9.90 Å². The number of carboxylic acid groups (broad SMARTS) is 1. The average molecular weight is 459 g/mol. The van der Waals surface area contributed by atoms with Crippen LogP contribution < -0.4 is 16.0 Å². The number of carbonyl (C=O) groups excluding carboxylic acids is 1. The Morgan fingerprint density at radius 2 is 2.00 bits per heavy atom. The number of aromatic carboxylic acids is 1. The van der Waals surface area contributed by atoms with Crippen LogP contribution in [0.15, 0.2) is 33.4 Å². The highest BCUT2D eigenvalue weighted by Crippen LogP contribution is 2.30. The number of thiophene rings is 1. The summed E-state index contributed by atoms with van der Waals surface area (Å²) in [4.78, 5) is 31.1. The third kappa shape index (κ3) is 4.23. The van der Waals surface area contributed by atoms with Gasteiger partial charge in [-0.2, -0.15) is 0 Å². The second kappa shape index (κ2) is 8.54. The molecule has 0 spiro atoms. The van der Waals surface area contributed by atoms with Crippen molar-refractivity contribution in [2.24, 2.45) is 0 Å². The molecule has 8 nitrogen and oxygen atoms in total. The molecule has 0 atom stereocenters. The molecule has 4 aromatic rings. The van der Waals surface area contributed by atoms with E-state index in [0.717, 1.165) is 27.8 Å². The first-order valence-corrected chi connectivity index (χ1v) is 11.6. The number of nitrogens with zero attached hydrogens (tertiary/aromatic N) is 3. The minimum absolute atomic E-state index is 0.0274. The number of rotatable bonds is 7. The van der Waals surface area contributed by atoms with Crippen LogP contribution in [0.5, 0.6) is 0 Å². The fraction of sp³-hybridized carbons (Fsp3) is 0.211. The number of H-pyrrole nitrogens is 1. The van der Waals surface area contributed by atoms with E-state index in [1.165, 1.54) is 28.7 Å². The lowest BCUT2D eigenvalue weighted by atomic mass is 10.1. The smallest absolute Gasteiger partial charge is 0.259 e. The molecule has 0 saturated heterocycles. The maximum atomic E-state index is 12.4. The number of anilines is 2. The largest absolute Gasteiger partial charge is 0.544 e. The molecule has 3 aromatic heterocycles. The Balaban J connectivity index is 1.46. The quantitative estimate of drug-likeness (QED) is 0.405. The van der Waals surface area contributed by atoms with Crippen LogP contribution in [0.4, 0.5) is 10.8 Å². The maximum Gasteiger partial charge on any atom is 0.259 e. The normalized spacial score (nSPS) is 11.1. The molecule has 11 heteroatoms. The first kappa shape index (κ1) is 20.5. The van der Waals surface area contributed by atoms with Crippen LogP contribution in [0.3, 0.4) is 0 Å². The predicted molar refractivity (Wildman–Crippen MR) is 118 cm³/mol. The highest BCUT2D eigenvalue weighted by Gasteiger charge is 2.15. The number of hydrogen-bond acceptors (Lipinski definition) is 10. The molecule has 1 aromatic carbocycles. The number of benzene rings is 1. The molecule has 0 saturated carbocycles. The first-order chi connectivity index (χ1) is 14.4. The third-order valence-electron chi connectivity index (χ3n) is 4.39. The van der Waals surface area contributed by atoms with Crippen LogP contribution in [0.2, 0.25) is 0 Å². The van der Waals surface area contributed by atoms with Crippen molar-refractivity contribution in [1.82, 2.24) is 20.2 Å². The van der Waals surface area contributed by atoms with E-state index in [1.807, 2.05) is 12.1 Å². The Bertz CT molecular complexity index is 1280. The lowest BCUT2D eigenvalue weighted by Gasteiger charge is -2.02. The van der Waals surface area contributed by atoms with Crippen molar-refractivity contribution in [3.8, 4) is 0 Å². The average Bonchev–Trinajstić information content (AvgIpc) is 3.31. The lowest BCUT2D eigenvalue weighted by Crippen LogP contribution is -2.21. The Hall–Kier alpha value is -2.76. The van der Waals surface area contributed by atoms with Gasteiger partial charge in [0.2, 0.25) is 5.13 Å². The van der Waals surface area contributed by atoms with Crippen LogP contribution in [0, 0.1) is 6.92 Å². The van der Waals surface area contributed by atoms with Gasteiger partial charge >= 0.3 is 0 Å². The van der Waals surface area contributed by atoms with Gasteiger partial charge in [0, 0.05) is 5.69 Å². The number of carboxylic acids is 1. The van der Waals surface area contributed by atoms with E-state index in [4.69, 9.17) is 0 Å². The zero-order chi connectivity index (χ0) is 21.3. The topological polar surface area (TPSA) is 124 Å². The number of aromatic nitrogens is 4. The molecule has 0 fully saturated rings. The molecule has 0 radical (unpaired) electrons. The van der Waals surface area contributed by atoms with Crippen molar-refractivity contribution in [3.05, 3.63) is 56.4 Å². The van der Waals surface area contributed by atoms with E-state index in [9.17, 15) is 14.7 Å². The fourth-order valence-electron chi connectivity index (χ4n) is 2.85. The molecule has 3 heterocycles. The van der Waals surface area contributed by atoms with Crippen molar-refractivity contribution >= 4 is 61.4 Å². The lowest BCUT2D eigenvalue weighted by molar-refractivity contribution is -0.254. The molecule has 30 heavy (non-hydrogen) atoms. The molecular formula is C19H16N5O3S3-. The zero-order valence-corrected chi connectivity index (χ0v) is 18.5. The predicted octanol–water partition coefficient (Wildman–Crippen LogP) is 3.11. The first-order valence-electron chi connectivity index (χ1n) is 9.00. The molecular weight excluding hydrogens is 442 g/mol. The standard InChI is InChI=1S/C19H17N5O3S3/c1-3-10-4-6-11(7-5-10)20-18-23-24-19(30-18)28-8-12-21-15(25)13-9(2)14(17(26)27)29-16(13)22-12/h4-7H,3,8H2,1-2H3,(H,20,23)(H,26,27)(H,21,22,25)/p-1. The van der Waals surface area contributed by atoms with Crippen molar-refractivity contribution in [2.75, 3.05) is 5.32 Å². The molecule has 0 aliphatic rings. The fourth-order valence-corrected chi connectivity index (χ4v) is 5.53. The number of nitrogens with one attached hydrogen (secondary N) is 2. The summed E-state index contributed by atoms with van der Waals surface area (Å²) >= 11 is 3.75. The minimum atomic E-state index is -1.30. The summed E-state index contributed by atoms with van der Waals surface area (Å²) in [6, 6.07) is 8.13. The van der Waals surface area contributed by atoms with Gasteiger partial charge in [-0.25, -0.2) is 4.98 Å². The summed E-state index contributed by atoms with van der Waals surface area (Å²) in [6.07, 6.45) is 0.987. The number of thioether (sulfide) groups is 1. The summed E-state index contributed by atoms with van der Waals surface area (Å²) in [5, 5.41) is 23.7. The van der Waals surface area contributed by atoms with E-state index in [2.05, 4.69) is 44.5 Å². The van der Waals surface area contributed by atoms with E-state index in [0.29, 0.717) is 32.5 Å². The summed E-state index contributed by atoms with van der Waals surface area (Å²) < 4.78 is 0.725. The van der Waals surface area contributed by atoms with Crippen LogP contribution in [-0.4, -0.2) is 26.1 Å². The van der Waals surface area contributed by atoms with Crippen molar-refractivity contribution in [1.29, 1.82) is 0 Å². The Kier molecular flexibility index (Phi) is 5.84. The van der Waals surface area contributed by atoms with Crippen molar-refractivity contribution in [3.63, 3.8) is 0 Å². The minimum Gasteiger partial charge on any atom is -0.544 e. The monoisotopic (exact) mass is 458 g/mol. The van der Waals surface area contributed by atoms with E-state index in [1.54, 1.807) is 6.92 Å². The van der Waals surface area contributed by atoms with Crippen LogP contribution in [0.1, 0.15) is 33.5 Å². The summed E-state index contributed by atoms with van der Waals surface area (Å²) in [6.45, 7) is 3.69. The van der Waals surface area contributed by atoms with E-state index >= 15 is 0 Å². The summed E-state index contributed by atoms with van der Waals surface area (Å²) in [7, 11) is 0. The molecule has 0 bridgehead atoms. The second-order valence-corrected chi connectivity index (χ2v) is 9.57. The van der Waals surface area contributed by atoms with Crippen molar-refractivity contribution in [2.45, 2.75) is 30.4 Å². The van der Waals surface area contributed by atoms with E-state index in [-0.39, 0.29) is 10.4 Å². The van der Waals surface area contributed by atoms with Gasteiger partial charge in [0.15, 0.2) is 4.34 Å². The van der Waals surface area contributed by atoms with Crippen LogP contribution in [0.25, 0.3) is 10.2 Å². The number of hydrogen-bond donors (Lipinski definition) is 2. The zero-order valence-electron chi connectivity index (χ0n) is 16.0. The van der Waals surface area contributed by atoms with Crippen LogP contribution in [-0.2, 0) is 12.2 Å². The Morgan fingerprint density at radius 3 is 2.70 bits per heavy atom. The Labute approximate surface area is 183 Å². The highest BCUT2D eigenvalue weighted by atomic mass is 32.2. The molecule has 0 amide bonds. The van der Waals surface area contributed by atoms with Gasteiger partial charge in [0.1, 0.15) is 10.7 Å². The van der Waals surface area contributed by atoms with Gasteiger partial charge in [-0.15, -0.1) is 21.5 Å². The number of aryl methyl sites for hydroxylation is 2. The SMILES string of the molecule is CCc1ccc(Nc2nnc(SCc3nc4sc(C(=O)[O-])c(C)c4c(=O)[nH]3)s2)cc1.